The van der Waals surface area contributed by atoms with Gasteiger partial charge < -0.3 is 0 Å². The minimum atomic E-state index is 0.877. The van der Waals surface area contributed by atoms with E-state index in [0.717, 1.165) is 23.3 Å². The van der Waals surface area contributed by atoms with Crippen molar-refractivity contribution in [2.75, 3.05) is 0 Å². The summed E-state index contributed by atoms with van der Waals surface area (Å²) in [6.07, 6.45) is 1.96. The molecule has 0 nitrogen and oxygen atoms in total. The molecule has 0 saturated carbocycles. The maximum absolute atomic E-state index is 6.55. The molecule has 0 saturated heterocycles. The van der Waals surface area contributed by atoms with Crippen molar-refractivity contribution in [2.45, 2.75) is 19.8 Å². The second-order valence-electron chi connectivity index (χ2n) is 5.11. The summed E-state index contributed by atoms with van der Waals surface area (Å²) in [6.45, 7) is 2.18. The summed E-state index contributed by atoms with van der Waals surface area (Å²) in [5.74, 6) is 0. The Kier molecular flexibility index (Phi) is 3.75. The monoisotopic (exact) mass is 280 g/mol. The summed E-state index contributed by atoms with van der Waals surface area (Å²) in [7, 11) is 0. The lowest BCUT2D eigenvalue weighted by Gasteiger charge is -2.08. The Bertz CT molecular complexity index is 726. The van der Waals surface area contributed by atoms with Gasteiger partial charge in [0, 0.05) is 5.39 Å². The summed E-state index contributed by atoms with van der Waals surface area (Å²) < 4.78 is 0. The van der Waals surface area contributed by atoms with Gasteiger partial charge in [0.05, 0.1) is 5.02 Å². The van der Waals surface area contributed by atoms with Crippen molar-refractivity contribution in [3.8, 4) is 0 Å². The number of hydrogen-bond acceptors (Lipinski definition) is 0. The van der Waals surface area contributed by atoms with Crippen LogP contribution in [0, 0.1) is 0 Å². The molecule has 20 heavy (non-hydrogen) atoms. The van der Waals surface area contributed by atoms with Crippen molar-refractivity contribution in [1.29, 1.82) is 0 Å². The molecule has 0 spiro atoms. The lowest BCUT2D eigenvalue weighted by molar-refractivity contribution is 1.12. The van der Waals surface area contributed by atoms with Crippen molar-refractivity contribution < 1.29 is 0 Å². The van der Waals surface area contributed by atoms with Gasteiger partial charge in [-0.1, -0.05) is 79.2 Å². The van der Waals surface area contributed by atoms with E-state index in [-0.39, 0.29) is 0 Å². The highest BCUT2D eigenvalue weighted by atomic mass is 35.5. The van der Waals surface area contributed by atoms with Gasteiger partial charge in [-0.25, -0.2) is 0 Å². The van der Waals surface area contributed by atoms with Gasteiger partial charge in [-0.15, -0.1) is 0 Å². The van der Waals surface area contributed by atoms with Crippen molar-refractivity contribution in [2.24, 2.45) is 0 Å². The largest absolute Gasteiger partial charge is 0.0833 e. The van der Waals surface area contributed by atoms with E-state index >= 15 is 0 Å². The Morgan fingerprint density at radius 3 is 2.25 bits per heavy atom. The van der Waals surface area contributed by atoms with Crippen LogP contribution in [0.15, 0.2) is 60.7 Å². The zero-order valence-corrected chi connectivity index (χ0v) is 12.3. The highest BCUT2D eigenvalue weighted by Crippen LogP contribution is 2.28. The van der Waals surface area contributed by atoms with Gasteiger partial charge in [0.15, 0.2) is 0 Å². The number of benzene rings is 3. The van der Waals surface area contributed by atoms with Crippen LogP contribution < -0.4 is 0 Å². The maximum Gasteiger partial charge on any atom is 0.0519 e. The minimum absolute atomic E-state index is 0.877. The highest BCUT2D eigenvalue weighted by Gasteiger charge is 2.06. The third-order valence-electron chi connectivity index (χ3n) is 3.77. The van der Waals surface area contributed by atoms with E-state index < -0.39 is 0 Å². The number of aryl methyl sites for hydroxylation is 1. The van der Waals surface area contributed by atoms with E-state index in [1.54, 1.807) is 0 Å². The average Bonchev–Trinajstić information content (AvgIpc) is 2.51. The maximum atomic E-state index is 6.55. The molecule has 0 unspecified atom stereocenters. The van der Waals surface area contributed by atoms with Crippen molar-refractivity contribution in [3.63, 3.8) is 0 Å². The van der Waals surface area contributed by atoms with Crippen molar-refractivity contribution in [3.05, 3.63) is 82.4 Å². The van der Waals surface area contributed by atoms with Crippen LogP contribution in [0.25, 0.3) is 10.8 Å². The number of halogens is 1. The van der Waals surface area contributed by atoms with Crippen LogP contribution in [0.1, 0.15) is 23.6 Å². The van der Waals surface area contributed by atoms with E-state index in [9.17, 15) is 0 Å². The molecule has 0 N–H and O–H groups in total. The highest BCUT2D eigenvalue weighted by molar-refractivity contribution is 6.36. The first kappa shape index (κ1) is 13.2. The molecule has 0 heterocycles. The molecule has 3 rings (SSSR count). The Morgan fingerprint density at radius 2 is 1.50 bits per heavy atom. The van der Waals surface area contributed by atoms with Crippen LogP contribution in [0.2, 0.25) is 5.02 Å². The van der Waals surface area contributed by atoms with Gasteiger partial charge >= 0.3 is 0 Å². The van der Waals surface area contributed by atoms with Crippen LogP contribution >= 0.6 is 11.6 Å². The zero-order chi connectivity index (χ0) is 13.9. The molecule has 3 aromatic carbocycles. The minimum Gasteiger partial charge on any atom is -0.0833 e. The van der Waals surface area contributed by atoms with Crippen LogP contribution in [0.5, 0.6) is 0 Å². The standard InChI is InChI=1S/C19H17Cl/c1-2-14-7-9-15(10-8-14)13-17-12-11-16-5-3-4-6-18(16)19(17)20/h3-12H,2,13H2,1H3. The third-order valence-corrected chi connectivity index (χ3v) is 4.22. The van der Waals surface area contributed by atoms with Gasteiger partial charge in [-0.2, -0.15) is 0 Å². The quantitative estimate of drug-likeness (QED) is 0.582. The second-order valence-corrected chi connectivity index (χ2v) is 5.48. The Balaban J connectivity index is 1.95. The molecular weight excluding hydrogens is 264 g/mol. The molecule has 0 bridgehead atoms. The first-order valence-electron chi connectivity index (χ1n) is 7.02. The first-order chi connectivity index (χ1) is 9.78. The molecule has 0 aromatic heterocycles. The predicted molar refractivity (Wildman–Crippen MR) is 87.6 cm³/mol. The van der Waals surface area contributed by atoms with Gasteiger partial charge in [0.1, 0.15) is 0 Å². The first-order valence-corrected chi connectivity index (χ1v) is 7.39. The number of rotatable bonds is 3. The summed E-state index contributed by atoms with van der Waals surface area (Å²) in [6, 6.07) is 21.3. The number of fused-ring (bicyclic) bond motifs is 1. The molecule has 0 aliphatic rings. The van der Waals surface area contributed by atoms with E-state index in [1.807, 2.05) is 12.1 Å². The lowest BCUT2D eigenvalue weighted by Crippen LogP contribution is -1.91. The molecule has 0 atom stereocenters. The van der Waals surface area contributed by atoms with E-state index in [2.05, 4.69) is 55.5 Å². The molecule has 0 aliphatic carbocycles. The summed E-state index contributed by atoms with van der Waals surface area (Å²) >= 11 is 6.55. The molecule has 1 heteroatoms. The van der Waals surface area contributed by atoms with Gasteiger partial charge in [-0.3, -0.25) is 0 Å². The fourth-order valence-corrected chi connectivity index (χ4v) is 2.83. The fraction of sp³-hybridized carbons (Fsp3) is 0.158. The smallest absolute Gasteiger partial charge is 0.0519 e. The molecule has 100 valence electrons. The average molecular weight is 281 g/mol. The van der Waals surface area contributed by atoms with Crippen molar-refractivity contribution >= 4 is 22.4 Å². The summed E-state index contributed by atoms with van der Waals surface area (Å²) in [5.41, 5.74) is 3.87. The summed E-state index contributed by atoms with van der Waals surface area (Å²) in [4.78, 5) is 0. The Labute approximate surface area is 125 Å². The van der Waals surface area contributed by atoms with Crippen LogP contribution in [0.4, 0.5) is 0 Å². The normalized spacial score (nSPS) is 10.9. The van der Waals surface area contributed by atoms with Gasteiger partial charge in [-0.05, 0) is 34.9 Å². The van der Waals surface area contributed by atoms with E-state index in [4.69, 9.17) is 11.6 Å². The van der Waals surface area contributed by atoms with Crippen LogP contribution in [-0.2, 0) is 12.8 Å². The van der Waals surface area contributed by atoms with Crippen LogP contribution in [-0.4, -0.2) is 0 Å². The molecule has 0 aliphatic heterocycles. The van der Waals surface area contributed by atoms with Crippen molar-refractivity contribution in [1.82, 2.24) is 0 Å². The molecule has 0 amide bonds. The lowest BCUT2D eigenvalue weighted by atomic mass is 10.00. The molecule has 3 aromatic rings. The predicted octanol–water partition coefficient (Wildman–Crippen LogP) is 5.65. The molecular formula is C19H17Cl. The number of hydrogen-bond donors (Lipinski definition) is 0. The summed E-state index contributed by atoms with van der Waals surface area (Å²) in [5, 5.41) is 3.21. The Morgan fingerprint density at radius 1 is 0.800 bits per heavy atom. The Hall–Kier alpha value is -1.79. The van der Waals surface area contributed by atoms with Gasteiger partial charge in [0.25, 0.3) is 0 Å². The molecule has 0 fully saturated rings. The van der Waals surface area contributed by atoms with E-state index in [1.165, 1.54) is 22.1 Å². The topological polar surface area (TPSA) is 0 Å². The second kappa shape index (κ2) is 5.68. The van der Waals surface area contributed by atoms with E-state index in [0.29, 0.717) is 0 Å². The fourth-order valence-electron chi connectivity index (χ4n) is 2.53. The zero-order valence-electron chi connectivity index (χ0n) is 11.6. The SMILES string of the molecule is CCc1ccc(Cc2ccc3ccccc3c2Cl)cc1. The van der Waals surface area contributed by atoms with Gasteiger partial charge in [0.2, 0.25) is 0 Å². The molecule has 0 radical (unpaired) electrons. The third kappa shape index (κ3) is 2.57. The van der Waals surface area contributed by atoms with Crippen LogP contribution in [0.3, 0.4) is 0 Å².